The topological polar surface area (TPSA) is 43.4 Å². The van der Waals surface area contributed by atoms with Crippen LogP contribution in [0.4, 0.5) is 19.0 Å². The van der Waals surface area contributed by atoms with Crippen molar-refractivity contribution in [2.24, 2.45) is 0 Å². The number of nitrogens with one attached hydrogen (secondary N) is 1. The quantitative estimate of drug-likeness (QED) is 0.902. The van der Waals surface area contributed by atoms with Crippen molar-refractivity contribution >= 4 is 21.7 Å². The molecular weight excluding hydrogens is 341 g/mol. The molecule has 0 radical (unpaired) electrons. The molecule has 1 unspecified atom stereocenters. The molecule has 1 aromatic heterocycles. The highest BCUT2D eigenvalue weighted by molar-refractivity contribution is 9.10. The van der Waals surface area contributed by atoms with Crippen LogP contribution >= 0.6 is 15.9 Å². The first-order valence-corrected chi connectivity index (χ1v) is 6.89. The van der Waals surface area contributed by atoms with Gasteiger partial charge in [0.05, 0.1) is 29.3 Å². The van der Waals surface area contributed by atoms with E-state index in [4.69, 9.17) is 9.47 Å². The molecule has 20 heavy (non-hydrogen) atoms. The van der Waals surface area contributed by atoms with E-state index in [-0.39, 0.29) is 16.6 Å². The molecule has 1 aliphatic rings. The van der Waals surface area contributed by atoms with Crippen molar-refractivity contribution in [3.63, 3.8) is 0 Å². The Hall–Kier alpha value is -0.860. The lowest BCUT2D eigenvalue weighted by atomic mass is 10.2. The maximum Gasteiger partial charge on any atom is 0.417 e. The third-order valence-corrected chi connectivity index (χ3v) is 3.50. The predicted molar refractivity (Wildman–Crippen MR) is 70.6 cm³/mol. The number of anilines is 1. The second-order valence-electron chi connectivity index (χ2n) is 4.33. The molecule has 2 heterocycles. The summed E-state index contributed by atoms with van der Waals surface area (Å²) in [4.78, 5) is 3.81. The lowest BCUT2D eigenvalue weighted by Gasteiger charge is -2.20. The van der Waals surface area contributed by atoms with Crippen LogP contribution in [0.25, 0.3) is 0 Å². The van der Waals surface area contributed by atoms with Gasteiger partial charge in [-0.25, -0.2) is 4.98 Å². The van der Waals surface area contributed by atoms with Crippen LogP contribution in [-0.2, 0) is 15.7 Å². The molecule has 112 valence electrons. The van der Waals surface area contributed by atoms with E-state index < -0.39 is 11.7 Å². The average Bonchev–Trinajstić information content (AvgIpc) is 2.78. The summed E-state index contributed by atoms with van der Waals surface area (Å²) in [5, 5.41) is 3.05. The van der Waals surface area contributed by atoms with Crippen molar-refractivity contribution in [3.05, 3.63) is 22.3 Å². The second kappa shape index (κ2) is 6.28. The Kier molecular flexibility index (Phi) is 4.87. The van der Waals surface area contributed by atoms with E-state index in [1.807, 2.05) is 6.92 Å². The fraction of sp³-hybridized carbons (Fsp3) is 0.583. The number of aromatic nitrogens is 1. The number of hydrogen-bond acceptors (Lipinski definition) is 4. The smallest absolute Gasteiger partial charge is 0.376 e. The third kappa shape index (κ3) is 3.62. The number of hydrogen-bond donors (Lipinski definition) is 1. The lowest BCUT2D eigenvalue weighted by Crippen LogP contribution is -2.34. The van der Waals surface area contributed by atoms with Crippen molar-refractivity contribution < 1.29 is 22.6 Å². The Bertz CT molecular complexity index is 471. The van der Waals surface area contributed by atoms with Gasteiger partial charge in [-0.1, -0.05) is 0 Å². The van der Waals surface area contributed by atoms with E-state index in [2.05, 4.69) is 26.2 Å². The Balaban J connectivity index is 2.10. The summed E-state index contributed by atoms with van der Waals surface area (Å²) < 4.78 is 48.7. The van der Waals surface area contributed by atoms with Gasteiger partial charge in [-0.15, -0.1) is 0 Å². The minimum absolute atomic E-state index is 0.129. The summed E-state index contributed by atoms with van der Waals surface area (Å²) in [6.07, 6.45) is -3.73. The molecule has 1 fully saturated rings. The maximum absolute atomic E-state index is 12.5. The molecular formula is C12H14BrF3N2O2. The summed E-state index contributed by atoms with van der Waals surface area (Å²) in [5.41, 5.74) is -0.793. The standard InChI is InChI=1S/C12H14BrF3N2O2/c1-2-20-10-6-19-5-9(10)18-11-8(13)3-7(4-17-11)12(14,15)16/h3-4,9-10H,2,5-6H2,1H3,(H,17,18)/t9?,10-/m0/s1. The summed E-state index contributed by atoms with van der Waals surface area (Å²) in [6, 6.07) is 0.872. The van der Waals surface area contributed by atoms with Crippen molar-refractivity contribution in [1.29, 1.82) is 0 Å². The molecule has 2 atom stereocenters. The minimum atomic E-state index is -4.40. The zero-order chi connectivity index (χ0) is 14.8. The summed E-state index contributed by atoms with van der Waals surface area (Å²) >= 11 is 3.10. The fourth-order valence-electron chi connectivity index (χ4n) is 1.92. The summed E-state index contributed by atoms with van der Waals surface area (Å²) in [7, 11) is 0. The highest BCUT2D eigenvalue weighted by Gasteiger charge is 2.33. The maximum atomic E-state index is 12.5. The van der Waals surface area contributed by atoms with Crippen molar-refractivity contribution in [2.75, 3.05) is 25.1 Å². The van der Waals surface area contributed by atoms with Crippen molar-refractivity contribution in [2.45, 2.75) is 25.2 Å². The largest absolute Gasteiger partial charge is 0.417 e. The van der Waals surface area contributed by atoms with E-state index in [1.54, 1.807) is 0 Å². The van der Waals surface area contributed by atoms with Crippen LogP contribution < -0.4 is 5.32 Å². The van der Waals surface area contributed by atoms with Gasteiger partial charge in [0.1, 0.15) is 11.9 Å². The molecule has 0 aromatic carbocycles. The Labute approximate surface area is 122 Å². The van der Waals surface area contributed by atoms with Crippen LogP contribution in [0.1, 0.15) is 12.5 Å². The first-order valence-electron chi connectivity index (χ1n) is 6.10. The molecule has 0 bridgehead atoms. The number of halogens is 4. The van der Waals surface area contributed by atoms with Gasteiger partial charge in [-0.2, -0.15) is 13.2 Å². The van der Waals surface area contributed by atoms with E-state index >= 15 is 0 Å². The minimum Gasteiger partial charge on any atom is -0.376 e. The van der Waals surface area contributed by atoms with Gasteiger partial charge in [-0.3, -0.25) is 0 Å². The number of nitrogens with zero attached hydrogens (tertiary/aromatic N) is 1. The van der Waals surface area contributed by atoms with Crippen LogP contribution in [0.15, 0.2) is 16.7 Å². The molecule has 0 spiro atoms. The molecule has 8 heteroatoms. The molecule has 0 aliphatic carbocycles. The SMILES string of the molecule is CCO[C@H]1COCC1Nc1ncc(C(F)(F)F)cc1Br. The van der Waals surface area contributed by atoms with Crippen LogP contribution in [0.5, 0.6) is 0 Å². The Morgan fingerprint density at radius 3 is 2.85 bits per heavy atom. The molecule has 1 aliphatic heterocycles. The normalized spacial score (nSPS) is 23.1. The second-order valence-corrected chi connectivity index (χ2v) is 5.19. The van der Waals surface area contributed by atoms with Crippen LogP contribution in [0.3, 0.4) is 0 Å². The Morgan fingerprint density at radius 1 is 1.50 bits per heavy atom. The van der Waals surface area contributed by atoms with Gasteiger partial charge in [0.15, 0.2) is 0 Å². The van der Waals surface area contributed by atoms with Crippen LogP contribution in [0, 0.1) is 0 Å². The number of rotatable bonds is 4. The third-order valence-electron chi connectivity index (χ3n) is 2.90. The molecule has 4 nitrogen and oxygen atoms in total. The highest BCUT2D eigenvalue weighted by atomic mass is 79.9. The van der Waals surface area contributed by atoms with Crippen LogP contribution in [0.2, 0.25) is 0 Å². The van der Waals surface area contributed by atoms with Gasteiger partial charge in [-0.05, 0) is 28.9 Å². The van der Waals surface area contributed by atoms with E-state index in [9.17, 15) is 13.2 Å². The molecule has 1 aromatic rings. The first kappa shape index (κ1) is 15.5. The van der Waals surface area contributed by atoms with Crippen molar-refractivity contribution in [1.82, 2.24) is 4.98 Å². The van der Waals surface area contributed by atoms with Crippen molar-refractivity contribution in [3.8, 4) is 0 Å². The fourth-order valence-corrected chi connectivity index (χ4v) is 2.39. The number of ether oxygens (including phenoxy) is 2. The van der Waals surface area contributed by atoms with Gasteiger partial charge in [0.25, 0.3) is 0 Å². The van der Waals surface area contributed by atoms with E-state index in [0.29, 0.717) is 25.6 Å². The zero-order valence-electron chi connectivity index (χ0n) is 10.7. The van der Waals surface area contributed by atoms with Gasteiger partial charge >= 0.3 is 6.18 Å². The van der Waals surface area contributed by atoms with Gasteiger partial charge in [0, 0.05) is 12.8 Å². The monoisotopic (exact) mass is 354 g/mol. The summed E-state index contributed by atoms with van der Waals surface area (Å²) in [6.45, 7) is 3.32. The Morgan fingerprint density at radius 2 is 2.25 bits per heavy atom. The highest BCUT2D eigenvalue weighted by Crippen LogP contribution is 2.33. The van der Waals surface area contributed by atoms with E-state index in [0.717, 1.165) is 12.3 Å². The van der Waals surface area contributed by atoms with Crippen LogP contribution in [-0.4, -0.2) is 37.0 Å². The first-order chi connectivity index (χ1) is 9.41. The summed E-state index contributed by atoms with van der Waals surface area (Å²) in [5.74, 6) is 0.346. The molecule has 2 rings (SSSR count). The molecule has 0 amide bonds. The molecule has 1 N–H and O–H groups in total. The number of alkyl halides is 3. The lowest BCUT2D eigenvalue weighted by molar-refractivity contribution is -0.137. The predicted octanol–water partition coefficient (Wildman–Crippen LogP) is 3.08. The number of pyridine rings is 1. The van der Waals surface area contributed by atoms with E-state index in [1.165, 1.54) is 0 Å². The van der Waals surface area contributed by atoms with Gasteiger partial charge in [0.2, 0.25) is 0 Å². The zero-order valence-corrected chi connectivity index (χ0v) is 12.3. The average molecular weight is 355 g/mol. The van der Waals surface area contributed by atoms with Gasteiger partial charge < -0.3 is 14.8 Å². The molecule has 0 saturated carbocycles. The molecule has 1 saturated heterocycles.